The molecule has 1 radical (unpaired) electrons. The molecule has 13 heteroatoms. The third kappa shape index (κ3) is 40200. The van der Waals surface area contributed by atoms with Crippen molar-refractivity contribution >= 4 is 30.4 Å². The summed E-state index contributed by atoms with van der Waals surface area (Å²) < 4.78 is 80.3. The third-order valence-electron chi connectivity index (χ3n) is 0. The Morgan fingerprint density at radius 2 is 0.750 bits per heavy atom. The molecule has 0 heterocycles. The van der Waals surface area contributed by atoms with Gasteiger partial charge in [0.05, 0.1) is 26.5 Å². The molecule has 0 fully saturated rings. The van der Waals surface area contributed by atoms with Gasteiger partial charge in [-0.1, -0.05) is 0 Å². The molecule has 0 aliphatic carbocycles. The van der Waals surface area contributed by atoms with Crippen LogP contribution < -0.4 is 0 Å². The van der Waals surface area contributed by atoms with Gasteiger partial charge in [0.2, 0.25) is 0 Å². The Bertz CT molecular complexity index is 347. The number of hydrogen-bond acceptors (Lipinski definition) is 8. The summed E-state index contributed by atoms with van der Waals surface area (Å²) in [7, 11) is -11.5. The number of hydrogen-bond donors (Lipinski definition) is 1. The van der Waals surface area contributed by atoms with Crippen molar-refractivity contribution in [2.75, 3.05) is 18.8 Å². The van der Waals surface area contributed by atoms with Gasteiger partial charge in [0, 0.05) is 12.5 Å². The fourth-order valence-corrected chi connectivity index (χ4v) is 0. The Morgan fingerprint density at radius 1 is 0.750 bits per heavy atom. The molecule has 0 unspecified atom stereocenters. The fourth-order valence-electron chi connectivity index (χ4n) is 0. The van der Waals surface area contributed by atoms with Gasteiger partial charge < -0.3 is 9.11 Å². The molecule has 0 aliphatic heterocycles. The average molecular weight is 350 g/mol. The van der Waals surface area contributed by atoms with Gasteiger partial charge in [0.15, 0.2) is 0 Å². The van der Waals surface area contributed by atoms with E-state index < -0.39 is 30.4 Å². The smallest absolute Gasteiger partial charge is 0.748 e. The van der Waals surface area contributed by atoms with Gasteiger partial charge in [-0.2, -0.15) is 8.42 Å². The van der Waals surface area contributed by atoms with E-state index >= 15 is 0 Å². The second-order valence-corrected chi connectivity index (χ2v) is 6.42. The van der Waals surface area contributed by atoms with Crippen LogP contribution in [0.2, 0.25) is 0 Å². The van der Waals surface area contributed by atoms with Crippen LogP contribution >= 0.6 is 0 Å². The fraction of sp³-hybridized carbons (Fsp3) is 1.00. The Labute approximate surface area is 105 Å². The first-order valence-corrected chi connectivity index (χ1v) is 8.22. The minimum absolute atomic E-state index is 0. The summed E-state index contributed by atoms with van der Waals surface area (Å²) in [6, 6.07) is 0. The maximum Gasteiger partial charge on any atom is 2.00 e. The minimum atomic E-state index is -3.92. The van der Waals surface area contributed by atoms with Crippen LogP contribution in [0.15, 0.2) is 0 Å². The van der Waals surface area contributed by atoms with Crippen molar-refractivity contribution in [3.05, 3.63) is 0 Å². The van der Waals surface area contributed by atoms with Crippen LogP contribution in [0.5, 0.6) is 0 Å². The molecule has 0 saturated carbocycles. The molecule has 1 N–H and O–H groups in total. The predicted molar refractivity (Wildman–Crippen MR) is 48.7 cm³/mol. The van der Waals surface area contributed by atoms with Gasteiger partial charge in [-0.3, -0.25) is 4.55 Å². The zero-order chi connectivity index (χ0) is 13.5. The second-order valence-electron chi connectivity index (χ2n) is 2.14. The Hall–Kier alpha value is 0.249. The molecule has 0 aromatic heterocycles. The summed E-state index contributed by atoms with van der Waals surface area (Å²) in [4.78, 5) is 0. The van der Waals surface area contributed by atoms with E-state index in [1.807, 2.05) is 0 Å². The molecule has 0 amide bonds. The Kier molecular flexibility index (Phi) is 14.6. The van der Waals surface area contributed by atoms with Crippen LogP contribution in [0, 0.1) is 0 Å². The summed E-state index contributed by atoms with van der Waals surface area (Å²) in [5.74, 6) is 0. The van der Waals surface area contributed by atoms with Crippen molar-refractivity contribution in [1.29, 1.82) is 0 Å². The molecule has 16 heavy (non-hydrogen) atoms. The summed E-state index contributed by atoms with van der Waals surface area (Å²) >= 11 is 0. The Balaban J connectivity index is -0.0000000655. The summed E-state index contributed by atoms with van der Waals surface area (Å²) in [6.07, 6.45) is 1.92. The van der Waals surface area contributed by atoms with E-state index in [-0.39, 0.29) is 17.1 Å². The molecule has 0 rings (SSSR count). The zero-order valence-electron chi connectivity index (χ0n) is 8.24. The first-order valence-electron chi connectivity index (χ1n) is 2.74. The second kappa shape index (κ2) is 9.30. The average Bonchev–Trinajstić information content (AvgIpc) is 1.41. The van der Waals surface area contributed by atoms with Crippen LogP contribution in [0.1, 0.15) is 0 Å². The van der Waals surface area contributed by atoms with Gasteiger partial charge in [-0.05, 0) is 0 Å². The van der Waals surface area contributed by atoms with Gasteiger partial charge in [0.25, 0.3) is 10.1 Å². The first kappa shape index (κ1) is 25.2. The maximum absolute atomic E-state index is 9.19. The van der Waals surface area contributed by atoms with E-state index in [0.29, 0.717) is 18.8 Å². The van der Waals surface area contributed by atoms with Crippen molar-refractivity contribution in [2.24, 2.45) is 0 Å². The first-order chi connectivity index (χ1) is 6.00. The summed E-state index contributed by atoms with van der Waals surface area (Å²) in [5.41, 5.74) is 0. The molecular weight excluding hydrogens is 340 g/mol. The summed E-state index contributed by atoms with van der Waals surface area (Å²) in [5, 5.41) is 0. The van der Waals surface area contributed by atoms with Gasteiger partial charge in [-0.15, -0.1) is 0 Å². The zero-order valence-corrected chi connectivity index (χ0v) is 11.6. The van der Waals surface area contributed by atoms with Crippen molar-refractivity contribution in [2.45, 2.75) is 0 Å². The van der Waals surface area contributed by atoms with Crippen LogP contribution in [-0.2, 0) is 47.4 Å². The maximum atomic E-state index is 9.19. The van der Waals surface area contributed by atoms with E-state index in [1.165, 1.54) is 0 Å². The van der Waals surface area contributed by atoms with E-state index in [2.05, 4.69) is 0 Å². The SMILES string of the molecule is CS(=O)(=O)O.CS(=O)(=O)[O-].CS(=O)(=O)[O-].[Cu+2]. The molecule has 105 valence electrons. The molecule has 0 atom stereocenters. The predicted octanol–water partition coefficient (Wildman–Crippen LogP) is -2.18. The van der Waals surface area contributed by atoms with Crippen molar-refractivity contribution < 1.29 is 56.0 Å². The molecule has 0 aliphatic rings. The van der Waals surface area contributed by atoms with E-state index in [1.54, 1.807) is 0 Å². The van der Waals surface area contributed by atoms with Crippen LogP contribution in [-0.4, -0.2) is 57.7 Å². The topological polar surface area (TPSA) is 169 Å². The van der Waals surface area contributed by atoms with E-state index in [0.717, 1.165) is 0 Å². The Morgan fingerprint density at radius 3 is 0.750 bits per heavy atom. The van der Waals surface area contributed by atoms with Gasteiger partial charge in [-0.25, -0.2) is 16.8 Å². The van der Waals surface area contributed by atoms with Crippen molar-refractivity contribution in [3.8, 4) is 0 Å². The number of rotatable bonds is 0. The molecule has 9 nitrogen and oxygen atoms in total. The third-order valence-corrected chi connectivity index (χ3v) is 0. The van der Waals surface area contributed by atoms with Gasteiger partial charge in [0.1, 0.15) is 0 Å². The van der Waals surface area contributed by atoms with E-state index in [4.69, 9.17) is 30.5 Å². The monoisotopic (exact) mass is 349 g/mol. The molecular formula is C3H10CuO9S3. The molecule has 0 saturated heterocycles. The minimum Gasteiger partial charge on any atom is -0.748 e. The molecule has 0 spiro atoms. The quantitative estimate of drug-likeness (QED) is 0.377. The largest absolute Gasteiger partial charge is 2.00 e. The summed E-state index contributed by atoms with van der Waals surface area (Å²) in [6.45, 7) is 0. The van der Waals surface area contributed by atoms with Crippen LogP contribution in [0.4, 0.5) is 0 Å². The van der Waals surface area contributed by atoms with Crippen LogP contribution in [0.25, 0.3) is 0 Å². The molecule has 0 bridgehead atoms. The van der Waals surface area contributed by atoms with E-state index in [9.17, 15) is 8.42 Å². The molecule has 0 aromatic carbocycles. The molecule has 0 aromatic rings. The standard InChI is InChI=1S/3CH4O3S.Cu/c3*1-5(2,3)4;/h3*1H3,(H,2,3,4);/q;;;+2/p-2. The van der Waals surface area contributed by atoms with Crippen molar-refractivity contribution in [3.63, 3.8) is 0 Å². The van der Waals surface area contributed by atoms with Gasteiger partial charge >= 0.3 is 17.1 Å². The van der Waals surface area contributed by atoms with Crippen LogP contribution in [0.3, 0.4) is 0 Å². The normalized spacial score (nSPS) is 10.9. The van der Waals surface area contributed by atoms with Crippen molar-refractivity contribution in [1.82, 2.24) is 0 Å².